The van der Waals surface area contributed by atoms with Crippen LogP contribution in [-0.2, 0) is 4.79 Å². The van der Waals surface area contributed by atoms with Crippen LogP contribution in [0.4, 0.5) is 5.82 Å². The quantitative estimate of drug-likeness (QED) is 0.599. The molecule has 0 spiro atoms. The first-order chi connectivity index (χ1) is 11.2. The number of ether oxygens (including phenoxy) is 1. The highest BCUT2D eigenvalue weighted by Crippen LogP contribution is 2.28. The Hall–Kier alpha value is -3.16. The summed E-state index contributed by atoms with van der Waals surface area (Å²) in [5.41, 5.74) is 0.690. The maximum atomic E-state index is 12.2. The monoisotopic (exact) mass is 313 g/mol. The SMILES string of the molecule is CCCOc1ccccc1-c1nc2c(NC=O)[nH]nc2c(=O)[nH]1. The van der Waals surface area contributed by atoms with Crippen molar-refractivity contribution in [3.8, 4) is 17.1 Å². The first-order valence-corrected chi connectivity index (χ1v) is 7.15. The lowest BCUT2D eigenvalue weighted by Gasteiger charge is -2.10. The first kappa shape index (κ1) is 14.8. The Morgan fingerprint density at radius 2 is 2.13 bits per heavy atom. The van der Waals surface area contributed by atoms with Crippen LogP contribution in [0.15, 0.2) is 29.1 Å². The van der Waals surface area contributed by atoms with Gasteiger partial charge in [-0.25, -0.2) is 4.98 Å². The summed E-state index contributed by atoms with van der Waals surface area (Å²) < 4.78 is 5.69. The number of aromatic nitrogens is 4. The number of carbonyl (C=O) groups is 1. The number of para-hydroxylation sites is 1. The van der Waals surface area contributed by atoms with Gasteiger partial charge in [-0.1, -0.05) is 19.1 Å². The molecule has 1 amide bonds. The number of hydrogen-bond acceptors (Lipinski definition) is 5. The van der Waals surface area contributed by atoms with Crippen LogP contribution < -0.4 is 15.6 Å². The van der Waals surface area contributed by atoms with E-state index in [0.29, 0.717) is 35.7 Å². The van der Waals surface area contributed by atoms with Crippen molar-refractivity contribution < 1.29 is 9.53 Å². The third-order valence-corrected chi connectivity index (χ3v) is 3.22. The second kappa shape index (κ2) is 6.30. The molecule has 0 bridgehead atoms. The van der Waals surface area contributed by atoms with Crippen molar-refractivity contribution in [1.82, 2.24) is 20.2 Å². The second-order valence-electron chi connectivity index (χ2n) is 4.82. The van der Waals surface area contributed by atoms with Gasteiger partial charge in [0.15, 0.2) is 11.3 Å². The Morgan fingerprint density at radius 3 is 2.91 bits per heavy atom. The molecule has 2 aromatic heterocycles. The molecule has 0 unspecified atom stereocenters. The summed E-state index contributed by atoms with van der Waals surface area (Å²) >= 11 is 0. The maximum Gasteiger partial charge on any atom is 0.279 e. The predicted octanol–water partition coefficient (Wildman–Crippen LogP) is 1.67. The Kier molecular flexibility index (Phi) is 4.05. The van der Waals surface area contributed by atoms with Crippen LogP contribution in [0, 0.1) is 0 Å². The highest BCUT2D eigenvalue weighted by molar-refractivity contribution is 5.91. The van der Waals surface area contributed by atoms with Gasteiger partial charge in [0.25, 0.3) is 5.56 Å². The smallest absolute Gasteiger partial charge is 0.279 e. The fourth-order valence-corrected chi connectivity index (χ4v) is 2.20. The van der Waals surface area contributed by atoms with Crippen molar-refractivity contribution >= 4 is 23.3 Å². The van der Waals surface area contributed by atoms with Crippen LogP contribution in [0.1, 0.15) is 13.3 Å². The topological polar surface area (TPSA) is 113 Å². The molecule has 0 atom stereocenters. The number of carbonyl (C=O) groups excluding carboxylic acids is 1. The van der Waals surface area contributed by atoms with Crippen molar-refractivity contribution in [2.45, 2.75) is 13.3 Å². The zero-order valence-corrected chi connectivity index (χ0v) is 12.4. The second-order valence-corrected chi connectivity index (χ2v) is 4.82. The van der Waals surface area contributed by atoms with Gasteiger partial charge < -0.3 is 15.0 Å². The number of aromatic amines is 2. The number of nitrogens with zero attached hydrogens (tertiary/aromatic N) is 2. The van der Waals surface area contributed by atoms with E-state index in [1.807, 2.05) is 31.2 Å². The summed E-state index contributed by atoms with van der Waals surface area (Å²) in [6.07, 6.45) is 1.36. The van der Waals surface area contributed by atoms with Gasteiger partial charge in [0.05, 0.1) is 12.2 Å². The van der Waals surface area contributed by atoms with Crippen LogP contribution in [0.2, 0.25) is 0 Å². The molecule has 0 aliphatic heterocycles. The minimum Gasteiger partial charge on any atom is -0.493 e. The summed E-state index contributed by atoms with van der Waals surface area (Å²) in [5.74, 6) is 1.25. The van der Waals surface area contributed by atoms with Crippen molar-refractivity contribution in [2.24, 2.45) is 0 Å². The van der Waals surface area contributed by atoms with E-state index in [-0.39, 0.29) is 11.3 Å². The molecule has 8 heteroatoms. The van der Waals surface area contributed by atoms with Gasteiger partial charge in [-0.15, -0.1) is 0 Å². The Balaban J connectivity index is 2.15. The summed E-state index contributed by atoms with van der Waals surface area (Å²) in [5, 5.41) is 8.88. The van der Waals surface area contributed by atoms with Crippen LogP contribution in [0.3, 0.4) is 0 Å². The largest absolute Gasteiger partial charge is 0.493 e. The number of fused-ring (bicyclic) bond motifs is 1. The maximum absolute atomic E-state index is 12.2. The lowest BCUT2D eigenvalue weighted by atomic mass is 10.2. The molecule has 3 aromatic rings. The van der Waals surface area contributed by atoms with Crippen LogP contribution in [0.5, 0.6) is 5.75 Å². The summed E-state index contributed by atoms with van der Waals surface area (Å²) in [6, 6.07) is 7.30. The molecule has 0 radical (unpaired) electrons. The molecule has 0 saturated carbocycles. The Morgan fingerprint density at radius 1 is 1.30 bits per heavy atom. The number of anilines is 1. The molecule has 0 aliphatic carbocycles. The minimum absolute atomic E-state index is 0.130. The molecule has 0 fully saturated rings. The normalized spacial score (nSPS) is 10.7. The van der Waals surface area contributed by atoms with Crippen LogP contribution in [0.25, 0.3) is 22.4 Å². The molecule has 118 valence electrons. The van der Waals surface area contributed by atoms with Crippen LogP contribution in [-0.4, -0.2) is 33.2 Å². The molecule has 8 nitrogen and oxygen atoms in total. The third kappa shape index (κ3) is 2.78. The van der Waals surface area contributed by atoms with Gasteiger partial charge in [0, 0.05) is 0 Å². The van der Waals surface area contributed by atoms with Gasteiger partial charge in [0.2, 0.25) is 6.41 Å². The number of hydrogen-bond donors (Lipinski definition) is 3. The molecular formula is C15H15N5O3. The number of rotatable bonds is 6. The molecule has 0 aliphatic rings. The zero-order chi connectivity index (χ0) is 16.2. The van der Waals surface area contributed by atoms with E-state index in [9.17, 15) is 9.59 Å². The highest BCUT2D eigenvalue weighted by Gasteiger charge is 2.15. The van der Waals surface area contributed by atoms with E-state index in [4.69, 9.17) is 4.74 Å². The Labute approximate surface area is 130 Å². The average molecular weight is 313 g/mol. The molecular weight excluding hydrogens is 298 g/mol. The average Bonchev–Trinajstić information content (AvgIpc) is 2.97. The van der Waals surface area contributed by atoms with E-state index < -0.39 is 5.56 Å². The number of nitrogens with one attached hydrogen (secondary N) is 3. The lowest BCUT2D eigenvalue weighted by Crippen LogP contribution is -2.10. The number of benzene rings is 1. The molecule has 3 N–H and O–H groups in total. The van der Waals surface area contributed by atoms with E-state index >= 15 is 0 Å². The third-order valence-electron chi connectivity index (χ3n) is 3.22. The molecule has 0 saturated heterocycles. The van der Waals surface area contributed by atoms with Gasteiger partial charge in [-0.2, -0.15) is 5.10 Å². The molecule has 3 rings (SSSR count). The standard InChI is InChI=1S/C15H15N5O3/c1-2-7-23-10-6-4-3-5-9(10)13-17-11-12(15(22)18-13)19-20-14(11)16-8-21/h3-6,8H,2,7H2,1H3,(H,17,18,22)(H2,16,19,20,21). The number of amides is 1. The van der Waals surface area contributed by atoms with E-state index in [1.165, 1.54) is 0 Å². The minimum atomic E-state index is -0.398. The van der Waals surface area contributed by atoms with Crippen molar-refractivity contribution in [2.75, 3.05) is 11.9 Å². The fourth-order valence-electron chi connectivity index (χ4n) is 2.20. The number of H-pyrrole nitrogens is 2. The van der Waals surface area contributed by atoms with E-state index in [0.717, 1.165) is 6.42 Å². The summed E-state index contributed by atoms with van der Waals surface area (Å²) in [4.78, 5) is 29.9. The van der Waals surface area contributed by atoms with Crippen molar-refractivity contribution in [3.05, 3.63) is 34.6 Å². The molecule has 2 heterocycles. The first-order valence-electron chi connectivity index (χ1n) is 7.15. The van der Waals surface area contributed by atoms with Crippen molar-refractivity contribution in [3.63, 3.8) is 0 Å². The Bertz CT molecular complexity index is 900. The summed E-state index contributed by atoms with van der Waals surface area (Å²) in [7, 11) is 0. The van der Waals surface area contributed by atoms with E-state index in [2.05, 4.69) is 25.5 Å². The lowest BCUT2D eigenvalue weighted by molar-refractivity contribution is -0.105. The van der Waals surface area contributed by atoms with Crippen molar-refractivity contribution in [1.29, 1.82) is 0 Å². The van der Waals surface area contributed by atoms with Gasteiger partial charge >= 0.3 is 0 Å². The zero-order valence-electron chi connectivity index (χ0n) is 12.4. The fraction of sp³-hybridized carbons (Fsp3) is 0.200. The van der Waals surface area contributed by atoms with Gasteiger partial charge in [-0.05, 0) is 18.6 Å². The molecule has 1 aromatic carbocycles. The molecule has 23 heavy (non-hydrogen) atoms. The van der Waals surface area contributed by atoms with Gasteiger partial charge in [0.1, 0.15) is 17.1 Å². The van der Waals surface area contributed by atoms with E-state index in [1.54, 1.807) is 0 Å². The highest BCUT2D eigenvalue weighted by atomic mass is 16.5. The predicted molar refractivity (Wildman–Crippen MR) is 85.4 cm³/mol. The van der Waals surface area contributed by atoms with Crippen LogP contribution >= 0.6 is 0 Å². The summed E-state index contributed by atoms with van der Waals surface area (Å²) in [6.45, 7) is 2.57. The van der Waals surface area contributed by atoms with Gasteiger partial charge in [-0.3, -0.25) is 14.7 Å².